The number of nitrogens with one attached hydrogen (secondary N) is 1. The van der Waals surface area contributed by atoms with E-state index in [9.17, 15) is 9.90 Å². The molecule has 9 nitrogen and oxygen atoms in total. The molecule has 0 spiro atoms. The molecule has 0 aliphatic heterocycles. The van der Waals surface area contributed by atoms with Gasteiger partial charge in [-0.05, 0) is 44.2 Å². The minimum Gasteiger partial charge on any atom is -0.510 e. The molecule has 0 amide bonds. The first-order valence-electron chi connectivity index (χ1n) is 9.42. The molecular formula is C21H20N6O3S. The van der Waals surface area contributed by atoms with Crippen molar-refractivity contribution in [3.8, 4) is 5.82 Å². The zero-order valence-corrected chi connectivity index (χ0v) is 18.0. The van der Waals surface area contributed by atoms with Gasteiger partial charge in [-0.1, -0.05) is 23.9 Å². The average molecular weight is 436 g/mol. The van der Waals surface area contributed by atoms with E-state index in [0.29, 0.717) is 16.4 Å². The number of benzene rings is 1. The maximum atomic E-state index is 12.3. The Morgan fingerprint density at radius 3 is 2.65 bits per heavy atom. The highest BCUT2D eigenvalue weighted by atomic mass is 32.2. The molecule has 4 aromatic rings. The number of ether oxygens (including phenoxy) is 1. The van der Waals surface area contributed by atoms with E-state index in [0.717, 1.165) is 16.9 Å². The first-order valence-corrected chi connectivity index (χ1v) is 10.4. The summed E-state index contributed by atoms with van der Waals surface area (Å²) in [5, 5.41) is 24.0. The summed E-state index contributed by atoms with van der Waals surface area (Å²) in [4.78, 5) is 19.8. The molecule has 0 unspecified atom stereocenters. The maximum absolute atomic E-state index is 12.3. The number of carbonyl (C=O) groups is 1. The second-order valence-electron chi connectivity index (χ2n) is 6.77. The Kier molecular flexibility index (Phi) is 5.72. The first-order chi connectivity index (χ1) is 15.0. The fraction of sp³-hybridized carbons (Fsp3) is 0.190. The SMILES string of the molecule is COC(=O)/C(=C(/O)CSc1ccc(-n2nc(C)cc2C)nn1)c1nc2ccccc2[nH]1. The van der Waals surface area contributed by atoms with Gasteiger partial charge in [0, 0.05) is 5.69 Å². The van der Waals surface area contributed by atoms with Gasteiger partial charge in [0.25, 0.3) is 0 Å². The molecule has 4 rings (SSSR count). The van der Waals surface area contributed by atoms with Gasteiger partial charge < -0.3 is 14.8 Å². The van der Waals surface area contributed by atoms with Crippen molar-refractivity contribution < 1.29 is 14.6 Å². The van der Waals surface area contributed by atoms with Gasteiger partial charge in [0.1, 0.15) is 22.2 Å². The first kappa shape index (κ1) is 20.6. The van der Waals surface area contributed by atoms with Gasteiger partial charge in [-0.15, -0.1) is 10.2 Å². The Bertz CT molecular complexity index is 1240. The van der Waals surface area contributed by atoms with E-state index in [4.69, 9.17) is 4.74 Å². The van der Waals surface area contributed by atoms with Gasteiger partial charge in [0.05, 0.1) is 29.6 Å². The summed E-state index contributed by atoms with van der Waals surface area (Å²) >= 11 is 1.24. The Morgan fingerprint density at radius 1 is 1.19 bits per heavy atom. The number of H-pyrrole nitrogens is 1. The number of thioether (sulfide) groups is 1. The summed E-state index contributed by atoms with van der Waals surface area (Å²) in [6, 6.07) is 12.9. The number of nitrogens with zero attached hydrogens (tertiary/aromatic N) is 5. The fourth-order valence-corrected chi connectivity index (χ4v) is 3.79. The Morgan fingerprint density at radius 2 is 2.00 bits per heavy atom. The molecule has 0 radical (unpaired) electrons. The molecule has 0 bridgehead atoms. The normalized spacial score (nSPS) is 12.1. The van der Waals surface area contributed by atoms with Crippen LogP contribution in [0.2, 0.25) is 0 Å². The molecule has 0 saturated carbocycles. The topological polar surface area (TPSA) is 119 Å². The summed E-state index contributed by atoms with van der Waals surface area (Å²) in [7, 11) is 1.26. The third kappa shape index (κ3) is 4.29. The number of para-hydroxylation sites is 2. The van der Waals surface area contributed by atoms with E-state index in [1.54, 1.807) is 16.8 Å². The van der Waals surface area contributed by atoms with E-state index < -0.39 is 5.97 Å². The Balaban J connectivity index is 1.56. The standard InChI is InChI=1S/C21H20N6O3S/c1-12-10-13(2)27(26-12)17-8-9-18(25-24-17)31-11-16(28)19(21(29)30-3)20-22-14-6-4-5-7-15(14)23-20/h4-10,28H,11H2,1-3H3,(H,22,23)/b19-16+. The summed E-state index contributed by atoms with van der Waals surface area (Å²) in [5.41, 5.74) is 3.28. The minimum absolute atomic E-state index is 0.0154. The van der Waals surface area contributed by atoms with Crippen LogP contribution < -0.4 is 0 Å². The number of aliphatic hydroxyl groups is 1. The number of rotatable bonds is 6. The average Bonchev–Trinajstić information content (AvgIpc) is 3.34. The Labute approximate surface area is 182 Å². The van der Waals surface area contributed by atoms with Gasteiger partial charge >= 0.3 is 5.97 Å². The summed E-state index contributed by atoms with van der Waals surface area (Å²) in [6.07, 6.45) is 0. The number of fused-ring (bicyclic) bond motifs is 1. The third-order valence-electron chi connectivity index (χ3n) is 4.51. The highest BCUT2D eigenvalue weighted by Gasteiger charge is 2.22. The minimum atomic E-state index is -0.678. The number of imidazole rings is 1. The van der Waals surface area contributed by atoms with Crippen molar-refractivity contribution in [3.63, 3.8) is 0 Å². The molecule has 0 saturated heterocycles. The molecule has 3 heterocycles. The lowest BCUT2D eigenvalue weighted by atomic mass is 10.2. The smallest absolute Gasteiger partial charge is 0.345 e. The summed E-state index contributed by atoms with van der Waals surface area (Å²) in [6.45, 7) is 3.86. The molecule has 0 aliphatic rings. The van der Waals surface area contributed by atoms with Gasteiger partial charge in [0.15, 0.2) is 5.82 Å². The van der Waals surface area contributed by atoms with Crippen molar-refractivity contribution >= 4 is 34.3 Å². The number of aromatic amines is 1. The Hall–Kier alpha value is -3.66. The van der Waals surface area contributed by atoms with Crippen LogP contribution >= 0.6 is 11.8 Å². The predicted octanol–water partition coefficient (Wildman–Crippen LogP) is 3.39. The molecule has 3 aromatic heterocycles. The van der Waals surface area contributed by atoms with Gasteiger partial charge in [-0.3, -0.25) is 0 Å². The number of esters is 1. The van der Waals surface area contributed by atoms with E-state index >= 15 is 0 Å². The van der Waals surface area contributed by atoms with E-state index in [1.807, 2.05) is 44.2 Å². The van der Waals surface area contributed by atoms with Crippen LogP contribution in [0.5, 0.6) is 0 Å². The molecule has 0 aliphatic carbocycles. The number of carbonyl (C=O) groups excluding carboxylic acids is 1. The zero-order chi connectivity index (χ0) is 22.0. The molecule has 158 valence electrons. The van der Waals surface area contributed by atoms with E-state index in [1.165, 1.54) is 18.9 Å². The van der Waals surface area contributed by atoms with Crippen molar-refractivity contribution in [2.45, 2.75) is 18.9 Å². The van der Waals surface area contributed by atoms with Gasteiger partial charge in [0.2, 0.25) is 0 Å². The zero-order valence-electron chi connectivity index (χ0n) is 17.2. The van der Waals surface area contributed by atoms with Crippen LogP contribution in [0.15, 0.2) is 53.2 Å². The molecule has 2 N–H and O–H groups in total. The lowest BCUT2D eigenvalue weighted by Gasteiger charge is -2.07. The molecule has 0 atom stereocenters. The van der Waals surface area contributed by atoms with Crippen molar-refractivity contribution in [1.82, 2.24) is 29.9 Å². The third-order valence-corrected chi connectivity index (χ3v) is 5.44. The molecular weight excluding hydrogens is 416 g/mol. The fourth-order valence-electron chi connectivity index (χ4n) is 3.10. The number of aryl methyl sites for hydroxylation is 2. The van der Waals surface area contributed by atoms with E-state index in [-0.39, 0.29) is 22.9 Å². The van der Waals surface area contributed by atoms with Crippen molar-refractivity contribution in [2.24, 2.45) is 0 Å². The van der Waals surface area contributed by atoms with Gasteiger partial charge in [-0.25, -0.2) is 14.5 Å². The van der Waals surface area contributed by atoms with Crippen molar-refractivity contribution in [3.05, 3.63) is 65.4 Å². The highest BCUT2D eigenvalue weighted by Crippen LogP contribution is 2.25. The molecule has 10 heteroatoms. The van der Waals surface area contributed by atoms with Crippen LogP contribution in [0.1, 0.15) is 17.2 Å². The van der Waals surface area contributed by atoms with Crippen molar-refractivity contribution in [1.29, 1.82) is 0 Å². The second kappa shape index (κ2) is 8.60. The van der Waals surface area contributed by atoms with Crippen molar-refractivity contribution in [2.75, 3.05) is 12.9 Å². The van der Waals surface area contributed by atoms with Crippen LogP contribution in [-0.2, 0) is 9.53 Å². The number of hydrogen-bond acceptors (Lipinski definition) is 8. The number of methoxy groups -OCH3 is 1. The summed E-state index contributed by atoms with van der Waals surface area (Å²) in [5.74, 6) is 0.0999. The van der Waals surface area contributed by atoms with Crippen LogP contribution in [0.4, 0.5) is 0 Å². The lowest BCUT2D eigenvalue weighted by molar-refractivity contribution is -0.133. The van der Waals surface area contributed by atoms with Crippen LogP contribution in [0.25, 0.3) is 22.4 Å². The monoisotopic (exact) mass is 436 g/mol. The quantitative estimate of drug-likeness (QED) is 0.204. The molecule has 31 heavy (non-hydrogen) atoms. The number of aliphatic hydroxyl groups excluding tert-OH is 1. The second-order valence-corrected chi connectivity index (χ2v) is 7.77. The number of hydrogen-bond donors (Lipinski definition) is 2. The van der Waals surface area contributed by atoms with Crippen LogP contribution in [0.3, 0.4) is 0 Å². The van der Waals surface area contributed by atoms with E-state index in [2.05, 4.69) is 25.3 Å². The maximum Gasteiger partial charge on any atom is 0.345 e. The number of aromatic nitrogens is 6. The highest BCUT2D eigenvalue weighted by molar-refractivity contribution is 7.99. The largest absolute Gasteiger partial charge is 0.510 e. The van der Waals surface area contributed by atoms with Crippen LogP contribution in [-0.4, -0.2) is 53.9 Å². The summed E-state index contributed by atoms with van der Waals surface area (Å²) < 4.78 is 6.56. The molecule has 0 fully saturated rings. The predicted molar refractivity (Wildman–Crippen MR) is 117 cm³/mol. The lowest BCUT2D eigenvalue weighted by Crippen LogP contribution is -2.10. The van der Waals surface area contributed by atoms with Gasteiger partial charge in [-0.2, -0.15) is 5.10 Å². The van der Waals surface area contributed by atoms with Crippen LogP contribution in [0, 0.1) is 13.8 Å². The molecule has 1 aromatic carbocycles.